The van der Waals surface area contributed by atoms with Gasteiger partial charge in [0.2, 0.25) is 0 Å². The highest BCUT2D eigenvalue weighted by atomic mass is 32.1. The van der Waals surface area contributed by atoms with Gasteiger partial charge in [-0.2, -0.15) is 0 Å². The number of nitrogens with zero attached hydrogens (tertiary/aromatic N) is 2. The van der Waals surface area contributed by atoms with Crippen LogP contribution in [0, 0.1) is 0 Å². The van der Waals surface area contributed by atoms with E-state index >= 15 is 0 Å². The predicted octanol–water partition coefficient (Wildman–Crippen LogP) is 14.1. The Bertz CT molecular complexity index is 3300. The van der Waals surface area contributed by atoms with Gasteiger partial charge in [0.25, 0.3) is 6.71 Å². The molecule has 13 rings (SSSR count). The maximum atomic E-state index is 6.84. The van der Waals surface area contributed by atoms with Gasteiger partial charge in [-0.15, -0.1) is 22.7 Å². The maximum Gasteiger partial charge on any atom is 0.260 e. The second kappa shape index (κ2) is 13.6. The fourth-order valence-corrected chi connectivity index (χ4v) is 11.6. The van der Waals surface area contributed by atoms with Gasteiger partial charge in [-0.05, 0) is 108 Å². The van der Waals surface area contributed by atoms with Gasteiger partial charge in [-0.1, -0.05) is 91.0 Å². The van der Waals surface area contributed by atoms with Crippen LogP contribution in [0.5, 0.6) is 23.0 Å². The molecule has 0 fully saturated rings. The third kappa shape index (κ3) is 5.51. The lowest BCUT2D eigenvalue weighted by Gasteiger charge is -2.34. The smallest absolute Gasteiger partial charge is 0.260 e. The standard InChI is InChI=1S/C54H33BN2O2S2/c1-3-12-34(13-4-1)56(36-24-28-52-42(30-36)40-16-7-9-20-50(40)60-52)38-22-26-44-48(32-38)58-46-18-11-19-47-54(46)55(44)45-27-23-39(33-49(45)59-47)57(35-14-5-2-6-15-35)37-25-29-53-43(31-37)41-17-8-10-21-51(41)61-53/h1-33H. The van der Waals surface area contributed by atoms with Crippen molar-refractivity contribution in [3.8, 4) is 23.0 Å². The second-order valence-electron chi connectivity index (χ2n) is 15.6. The van der Waals surface area contributed by atoms with Crippen molar-refractivity contribution in [3.05, 3.63) is 200 Å². The number of anilines is 6. The molecule has 4 heterocycles. The third-order valence-electron chi connectivity index (χ3n) is 12.2. The van der Waals surface area contributed by atoms with Crippen LogP contribution >= 0.6 is 22.7 Å². The summed E-state index contributed by atoms with van der Waals surface area (Å²) in [5.74, 6) is 3.33. The zero-order valence-corrected chi connectivity index (χ0v) is 34.3. The molecule has 0 amide bonds. The molecule has 0 saturated carbocycles. The zero-order valence-electron chi connectivity index (χ0n) is 32.7. The highest BCUT2D eigenvalue weighted by Crippen LogP contribution is 2.45. The van der Waals surface area contributed by atoms with E-state index in [1.807, 2.05) is 28.7 Å². The Balaban J connectivity index is 0.935. The molecular weight excluding hydrogens is 784 g/mol. The highest BCUT2D eigenvalue weighted by molar-refractivity contribution is 7.26. The highest BCUT2D eigenvalue weighted by Gasteiger charge is 2.40. The fourth-order valence-electron chi connectivity index (χ4n) is 9.43. The normalized spacial score (nSPS) is 12.5. The number of ether oxygens (including phenoxy) is 2. The van der Waals surface area contributed by atoms with Crippen molar-refractivity contribution in [2.45, 2.75) is 0 Å². The molecule has 0 saturated heterocycles. The van der Waals surface area contributed by atoms with Gasteiger partial charge < -0.3 is 19.3 Å². The summed E-state index contributed by atoms with van der Waals surface area (Å²) in [7, 11) is 0. The summed E-state index contributed by atoms with van der Waals surface area (Å²) in [6, 6.07) is 71.8. The van der Waals surface area contributed by atoms with Crippen LogP contribution in [0.3, 0.4) is 0 Å². The van der Waals surface area contributed by atoms with Crippen LogP contribution in [0.4, 0.5) is 34.1 Å². The van der Waals surface area contributed by atoms with Crippen LogP contribution in [0.1, 0.15) is 0 Å². The Labute approximate surface area is 360 Å². The largest absolute Gasteiger partial charge is 0.458 e. The molecule has 11 aromatic rings. The molecule has 0 bridgehead atoms. The van der Waals surface area contributed by atoms with Gasteiger partial charge in [0.05, 0.1) is 0 Å². The average Bonchev–Trinajstić information content (AvgIpc) is 3.88. The van der Waals surface area contributed by atoms with Crippen LogP contribution in [0.15, 0.2) is 200 Å². The van der Waals surface area contributed by atoms with E-state index < -0.39 is 0 Å². The first-order valence-corrected chi connectivity index (χ1v) is 22.1. The van der Waals surface area contributed by atoms with Crippen molar-refractivity contribution in [2.24, 2.45) is 0 Å². The zero-order chi connectivity index (χ0) is 40.0. The molecule has 7 heteroatoms. The third-order valence-corrected chi connectivity index (χ3v) is 14.5. The van der Waals surface area contributed by atoms with Crippen molar-refractivity contribution in [3.63, 3.8) is 0 Å². The Hall–Kier alpha value is -7.32. The molecule has 0 spiro atoms. The fraction of sp³-hybridized carbons (Fsp3) is 0. The first kappa shape index (κ1) is 34.5. The molecule has 0 radical (unpaired) electrons. The summed E-state index contributed by atoms with van der Waals surface area (Å²) in [5.41, 5.74) is 9.70. The van der Waals surface area contributed by atoms with Crippen LogP contribution in [0.25, 0.3) is 40.3 Å². The van der Waals surface area contributed by atoms with E-state index in [1.165, 1.54) is 40.3 Å². The minimum atomic E-state index is -0.0702. The van der Waals surface area contributed by atoms with E-state index in [1.54, 1.807) is 0 Å². The van der Waals surface area contributed by atoms with Crippen molar-refractivity contribution in [1.82, 2.24) is 0 Å². The molecule has 0 aliphatic carbocycles. The molecule has 286 valence electrons. The summed E-state index contributed by atoms with van der Waals surface area (Å²) in [6.45, 7) is -0.0702. The van der Waals surface area contributed by atoms with Crippen molar-refractivity contribution in [1.29, 1.82) is 0 Å². The molecule has 2 aromatic heterocycles. The second-order valence-corrected chi connectivity index (χ2v) is 17.8. The average molecular weight is 817 g/mol. The van der Waals surface area contributed by atoms with Crippen LogP contribution in [0.2, 0.25) is 0 Å². The predicted molar refractivity (Wildman–Crippen MR) is 259 cm³/mol. The first-order valence-electron chi connectivity index (χ1n) is 20.5. The van der Waals surface area contributed by atoms with Crippen molar-refractivity contribution in [2.75, 3.05) is 9.80 Å². The number of hydrogen-bond acceptors (Lipinski definition) is 6. The van der Waals surface area contributed by atoms with Gasteiger partial charge in [-0.3, -0.25) is 0 Å². The molecule has 4 nitrogen and oxygen atoms in total. The Morgan fingerprint density at radius 3 is 1.21 bits per heavy atom. The van der Waals surface area contributed by atoms with E-state index in [2.05, 4.69) is 204 Å². The minimum Gasteiger partial charge on any atom is -0.458 e. The quantitative estimate of drug-likeness (QED) is 0.156. The summed E-state index contributed by atoms with van der Waals surface area (Å²) < 4.78 is 18.8. The SMILES string of the molecule is c1ccc(N(c2ccc3c(c2)Oc2cccc4c2B3c2ccc(N(c3ccccc3)c3ccc5sc6ccccc6c5c3)cc2O4)c2ccc3sc4ccccc4c3c2)cc1. The topological polar surface area (TPSA) is 24.9 Å². The van der Waals surface area contributed by atoms with E-state index in [9.17, 15) is 0 Å². The van der Waals surface area contributed by atoms with Crippen molar-refractivity contribution >= 4 is 120 Å². The lowest BCUT2D eigenvalue weighted by atomic mass is 9.35. The van der Waals surface area contributed by atoms with Gasteiger partial charge in [0, 0.05) is 92.1 Å². The molecular formula is C54H33BN2O2S2. The van der Waals surface area contributed by atoms with E-state index in [-0.39, 0.29) is 6.71 Å². The summed E-state index contributed by atoms with van der Waals surface area (Å²) >= 11 is 3.68. The summed E-state index contributed by atoms with van der Waals surface area (Å²) in [4.78, 5) is 4.67. The number of hydrogen-bond donors (Lipinski definition) is 0. The lowest BCUT2D eigenvalue weighted by molar-refractivity contribution is 0.464. The monoisotopic (exact) mass is 816 g/mol. The molecule has 2 aliphatic heterocycles. The van der Waals surface area contributed by atoms with Crippen LogP contribution in [-0.2, 0) is 0 Å². The van der Waals surface area contributed by atoms with E-state index in [0.717, 1.165) is 73.5 Å². The number of benzene rings is 9. The summed E-state index contributed by atoms with van der Waals surface area (Å²) in [5, 5.41) is 5.09. The molecule has 0 N–H and O–H groups in total. The molecule has 0 atom stereocenters. The Kier molecular flexibility index (Phi) is 7.71. The molecule has 61 heavy (non-hydrogen) atoms. The van der Waals surface area contributed by atoms with Gasteiger partial charge in [0.15, 0.2) is 0 Å². The molecule has 2 aliphatic rings. The Morgan fingerprint density at radius 2 is 0.721 bits per heavy atom. The van der Waals surface area contributed by atoms with Gasteiger partial charge in [0.1, 0.15) is 23.0 Å². The maximum absolute atomic E-state index is 6.84. The Morgan fingerprint density at radius 1 is 0.311 bits per heavy atom. The van der Waals surface area contributed by atoms with Gasteiger partial charge >= 0.3 is 0 Å². The minimum absolute atomic E-state index is 0.0702. The summed E-state index contributed by atoms with van der Waals surface area (Å²) in [6.07, 6.45) is 0. The van der Waals surface area contributed by atoms with Gasteiger partial charge in [-0.25, -0.2) is 0 Å². The van der Waals surface area contributed by atoms with E-state index in [0.29, 0.717) is 0 Å². The number of rotatable bonds is 6. The van der Waals surface area contributed by atoms with Crippen LogP contribution in [-0.4, -0.2) is 6.71 Å². The number of thiophene rings is 2. The van der Waals surface area contributed by atoms with E-state index in [4.69, 9.17) is 9.47 Å². The lowest BCUT2D eigenvalue weighted by Crippen LogP contribution is -2.57. The number of fused-ring (bicyclic) bond motifs is 10. The number of para-hydroxylation sites is 2. The molecule has 9 aromatic carbocycles. The van der Waals surface area contributed by atoms with Crippen molar-refractivity contribution < 1.29 is 9.47 Å². The van der Waals surface area contributed by atoms with Crippen LogP contribution < -0.4 is 35.7 Å². The first-order chi connectivity index (χ1) is 30.2. The molecule has 0 unspecified atom stereocenters.